The van der Waals surface area contributed by atoms with Crippen LogP contribution in [-0.4, -0.2) is 14.2 Å². The highest BCUT2D eigenvalue weighted by molar-refractivity contribution is 5.46. The highest BCUT2D eigenvalue weighted by atomic mass is 16.5. The molecule has 2 aromatic rings. The quantitative estimate of drug-likeness (QED) is 0.834. The first-order chi connectivity index (χ1) is 10.7. The van der Waals surface area contributed by atoms with Crippen molar-refractivity contribution < 1.29 is 9.47 Å². The molecule has 0 aromatic heterocycles. The van der Waals surface area contributed by atoms with Crippen molar-refractivity contribution in [2.75, 3.05) is 14.2 Å². The monoisotopic (exact) mass is 299 g/mol. The van der Waals surface area contributed by atoms with Crippen LogP contribution in [0.25, 0.3) is 0 Å². The third-order valence-corrected chi connectivity index (χ3v) is 3.97. The van der Waals surface area contributed by atoms with Crippen LogP contribution in [0.5, 0.6) is 11.5 Å². The van der Waals surface area contributed by atoms with Gasteiger partial charge in [0.25, 0.3) is 0 Å². The molecule has 0 aliphatic rings. The van der Waals surface area contributed by atoms with E-state index in [-0.39, 0.29) is 6.04 Å². The van der Waals surface area contributed by atoms with Crippen LogP contribution in [0, 0.1) is 0 Å². The highest BCUT2D eigenvalue weighted by Crippen LogP contribution is 2.30. The molecule has 3 heteroatoms. The van der Waals surface area contributed by atoms with Crippen LogP contribution in [0.4, 0.5) is 0 Å². The molecule has 0 fully saturated rings. The van der Waals surface area contributed by atoms with E-state index < -0.39 is 0 Å². The summed E-state index contributed by atoms with van der Waals surface area (Å²) in [6, 6.07) is 15.0. The maximum atomic E-state index is 5.47. The molecule has 0 spiro atoms. The molecule has 118 valence electrons. The van der Waals surface area contributed by atoms with Gasteiger partial charge >= 0.3 is 0 Å². The fourth-order valence-electron chi connectivity index (χ4n) is 2.52. The van der Waals surface area contributed by atoms with Crippen molar-refractivity contribution in [1.29, 1.82) is 0 Å². The normalized spacial score (nSPS) is 12.0. The number of benzene rings is 2. The molecule has 0 saturated carbocycles. The first-order valence-electron chi connectivity index (χ1n) is 7.71. The van der Waals surface area contributed by atoms with Crippen molar-refractivity contribution in [1.82, 2.24) is 5.32 Å². The lowest BCUT2D eigenvalue weighted by atomic mass is 10.0. The predicted molar refractivity (Wildman–Crippen MR) is 90.6 cm³/mol. The summed E-state index contributed by atoms with van der Waals surface area (Å²) >= 11 is 0. The van der Waals surface area contributed by atoms with Gasteiger partial charge in [0.1, 0.15) is 0 Å². The summed E-state index contributed by atoms with van der Waals surface area (Å²) < 4.78 is 10.8. The Morgan fingerprint density at radius 3 is 2.32 bits per heavy atom. The van der Waals surface area contributed by atoms with Crippen LogP contribution >= 0.6 is 0 Å². The molecule has 3 nitrogen and oxygen atoms in total. The molecule has 0 saturated heterocycles. The fourth-order valence-corrected chi connectivity index (χ4v) is 2.52. The average molecular weight is 299 g/mol. The van der Waals surface area contributed by atoms with Crippen LogP contribution in [0.3, 0.4) is 0 Å². The van der Waals surface area contributed by atoms with Gasteiger partial charge in [0.2, 0.25) is 0 Å². The van der Waals surface area contributed by atoms with E-state index in [2.05, 4.69) is 49.5 Å². The summed E-state index contributed by atoms with van der Waals surface area (Å²) in [5.41, 5.74) is 3.75. The Labute approximate surface area is 133 Å². The average Bonchev–Trinajstić information content (AvgIpc) is 2.59. The molecule has 0 aliphatic carbocycles. The Morgan fingerprint density at radius 1 is 1.00 bits per heavy atom. The zero-order chi connectivity index (χ0) is 15.9. The molecule has 1 N–H and O–H groups in total. The van der Waals surface area contributed by atoms with Crippen molar-refractivity contribution in [3.05, 3.63) is 59.2 Å². The largest absolute Gasteiger partial charge is 0.493 e. The van der Waals surface area contributed by atoms with E-state index in [1.165, 1.54) is 11.1 Å². The minimum atomic E-state index is 0.279. The third-order valence-electron chi connectivity index (χ3n) is 3.97. The SMILES string of the molecule is CCc1ccc(C(C)NCc2cccc(OC)c2OC)cc1. The van der Waals surface area contributed by atoms with Gasteiger partial charge < -0.3 is 14.8 Å². The summed E-state index contributed by atoms with van der Waals surface area (Å²) in [7, 11) is 3.33. The lowest BCUT2D eigenvalue weighted by molar-refractivity contribution is 0.350. The van der Waals surface area contributed by atoms with E-state index in [0.29, 0.717) is 0 Å². The molecule has 1 atom stereocenters. The van der Waals surface area contributed by atoms with Gasteiger partial charge in [-0.15, -0.1) is 0 Å². The number of rotatable bonds is 7. The second kappa shape index (κ2) is 7.85. The molecule has 0 radical (unpaired) electrons. The maximum absolute atomic E-state index is 5.47. The van der Waals surface area contributed by atoms with Crippen molar-refractivity contribution in [2.45, 2.75) is 32.9 Å². The second-order valence-corrected chi connectivity index (χ2v) is 5.35. The lowest BCUT2D eigenvalue weighted by Crippen LogP contribution is -2.18. The molecule has 22 heavy (non-hydrogen) atoms. The zero-order valence-electron chi connectivity index (χ0n) is 13.8. The Balaban J connectivity index is 2.05. The van der Waals surface area contributed by atoms with E-state index in [1.807, 2.05) is 12.1 Å². The summed E-state index contributed by atoms with van der Waals surface area (Å²) in [6.45, 7) is 5.08. The van der Waals surface area contributed by atoms with Crippen LogP contribution in [0.15, 0.2) is 42.5 Å². The van der Waals surface area contributed by atoms with Crippen molar-refractivity contribution in [3.8, 4) is 11.5 Å². The third kappa shape index (κ3) is 3.80. The number of aryl methyl sites for hydroxylation is 1. The van der Waals surface area contributed by atoms with E-state index in [4.69, 9.17) is 9.47 Å². The molecular formula is C19H25NO2. The molecule has 0 bridgehead atoms. The molecule has 0 amide bonds. The van der Waals surface area contributed by atoms with Gasteiger partial charge in [-0.3, -0.25) is 0 Å². The highest BCUT2D eigenvalue weighted by Gasteiger charge is 2.11. The summed E-state index contributed by atoms with van der Waals surface area (Å²) in [5.74, 6) is 1.56. The van der Waals surface area contributed by atoms with Crippen LogP contribution in [0.1, 0.15) is 36.6 Å². The molecule has 1 unspecified atom stereocenters. The van der Waals surface area contributed by atoms with E-state index >= 15 is 0 Å². The van der Waals surface area contributed by atoms with Gasteiger partial charge in [0, 0.05) is 18.2 Å². The number of hydrogen-bond donors (Lipinski definition) is 1. The van der Waals surface area contributed by atoms with Crippen molar-refractivity contribution >= 4 is 0 Å². The van der Waals surface area contributed by atoms with Crippen LogP contribution in [-0.2, 0) is 13.0 Å². The Hall–Kier alpha value is -2.00. The van der Waals surface area contributed by atoms with Crippen molar-refractivity contribution in [2.24, 2.45) is 0 Å². The van der Waals surface area contributed by atoms with E-state index in [0.717, 1.165) is 30.0 Å². The standard InChI is InChI=1S/C19H25NO2/c1-5-15-9-11-16(12-10-15)14(2)20-13-17-7-6-8-18(21-3)19(17)22-4/h6-12,14,20H,5,13H2,1-4H3. The Bertz CT molecular complexity index is 593. The summed E-state index contributed by atoms with van der Waals surface area (Å²) in [6.07, 6.45) is 1.07. The van der Waals surface area contributed by atoms with Gasteiger partial charge in [0.05, 0.1) is 14.2 Å². The topological polar surface area (TPSA) is 30.5 Å². The van der Waals surface area contributed by atoms with Gasteiger partial charge in [-0.1, -0.05) is 43.3 Å². The van der Waals surface area contributed by atoms with Gasteiger partial charge in [-0.25, -0.2) is 0 Å². The van der Waals surface area contributed by atoms with Gasteiger partial charge in [-0.2, -0.15) is 0 Å². The molecule has 2 aromatic carbocycles. The molecule has 0 heterocycles. The fraction of sp³-hybridized carbons (Fsp3) is 0.368. The summed E-state index contributed by atoms with van der Waals surface area (Å²) in [5, 5.41) is 3.54. The first kappa shape index (κ1) is 16.4. The first-order valence-corrected chi connectivity index (χ1v) is 7.71. The molecule has 0 aliphatic heterocycles. The maximum Gasteiger partial charge on any atom is 0.165 e. The van der Waals surface area contributed by atoms with E-state index in [9.17, 15) is 0 Å². The van der Waals surface area contributed by atoms with Crippen LogP contribution < -0.4 is 14.8 Å². The van der Waals surface area contributed by atoms with E-state index in [1.54, 1.807) is 14.2 Å². The number of para-hydroxylation sites is 1. The smallest absolute Gasteiger partial charge is 0.165 e. The second-order valence-electron chi connectivity index (χ2n) is 5.35. The Kier molecular flexibility index (Phi) is 5.84. The van der Waals surface area contributed by atoms with Gasteiger partial charge in [0.15, 0.2) is 11.5 Å². The number of nitrogens with one attached hydrogen (secondary N) is 1. The number of methoxy groups -OCH3 is 2. The van der Waals surface area contributed by atoms with Crippen molar-refractivity contribution in [3.63, 3.8) is 0 Å². The van der Waals surface area contributed by atoms with Crippen LogP contribution in [0.2, 0.25) is 0 Å². The van der Waals surface area contributed by atoms with Gasteiger partial charge in [-0.05, 0) is 30.5 Å². The predicted octanol–water partition coefficient (Wildman–Crippen LogP) is 4.12. The summed E-state index contributed by atoms with van der Waals surface area (Å²) in [4.78, 5) is 0. The minimum Gasteiger partial charge on any atom is -0.493 e. The Morgan fingerprint density at radius 2 is 1.73 bits per heavy atom. The molecular weight excluding hydrogens is 274 g/mol. The number of ether oxygens (including phenoxy) is 2. The zero-order valence-corrected chi connectivity index (χ0v) is 13.8. The molecule has 2 rings (SSSR count). The lowest BCUT2D eigenvalue weighted by Gasteiger charge is -2.17. The minimum absolute atomic E-state index is 0.279. The number of hydrogen-bond acceptors (Lipinski definition) is 3.